The summed E-state index contributed by atoms with van der Waals surface area (Å²) in [4.78, 5) is 7.86. The van der Waals surface area contributed by atoms with E-state index in [-0.39, 0.29) is 36.3 Å². The van der Waals surface area contributed by atoms with Crippen LogP contribution < -0.4 is 16.0 Å². The van der Waals surface area contributed by atoms with Gasteiger partial charge in [0.05, 0.1) is 5.56 Å². The minimum atomic E-state index is -4.44. The summed E-state index contributed by atoms with van der Waals surface area (Å²) in [6.45, 7) is 3.29. The van der Waals surface area contributed by atoms with Gasteiger partial charge in [-0.1, -0.05) is 29.8 Å². The maximum absolute atomic E-state index is 12.9. The average molecular weight is 493 g/mol. The monoisotopic (exact) mass is 493 g/mol. The molecule has 3 N–H and O–H groups in total. The lowest BCUT2D eigenvalue weighted by Gasteiger charge is -2.15. The fourth-order valence-corrected chi connectivity index (χ4v) is 2.37. The Bertz CT molecular complexity index is 750. The summed E-state index contributed by atoms with van der Waals surface area (Å²) >= 11 is 0. The number of guanidine groups is 1. The topological polar surface area (TPSA) is 61.3 Å². The van der Waals surface area contributed by atoms with Crippen LogP contribution in [0.15, 0.2) is 47.6 Å². The molecule has 148 valence electrons. The number of hydrogen-bond donors (Lipinski definition) is 3. The molecular weight excluding hydrogens is 470 g/mol. The van der Waals surface area contributed by atoms with Crippen molar-refractivity contribution in [2.75, 3.05) is 25.5 Å². The molecule has 0 radical (unpaired) electrons. The number of anilines is 1. The standard InChI is InChI=1S/C18H22F3N5.HI/c1-13-5-3-6-14(11-13)12-26-17(22-2)25-10-9-24-16-15(18(19,20)21)7-4-8-23-16;/h3-8,11H,9-10,12H2,1-2H3,(H,23,24)(H2,22,25,26);1H. The second-order valence-corrected chi connectivity index (χ2v) is 5.67. The fourth-order valence-electron chi connectivity index (χ4n) is 2.37. The van der Waals surface area contributed by atoms with E-state index in [1.807, 2.05) is 25.1 Å². The van der Waals surface area contributed by atoms with Crippen molar-refractivity contribution in [2.24, 2.45) is 4.99 Å². The maximum atomic E-state index is 12.9. The Labute approximate surface area is 173 Å². The number of nitrogens with one attached hydrogen (secondary N) is 3. The minimum absolute atomic E-state index is 0. The van der Waals surface area contributed by atoms with Gasteiger partial charge >= 0.3 is 6.18 Å². The van der Waals surface area contributed by atoms with Crippen LogP contribution in [0.4, 0.5) is 19.0 Å². The number of halogens is 4. The van der Waals surface area contributed by atoms with E-state index in [1.165, 1.54) is 17.8 Å². The molecule has 2 aromatic rings. The summed E-state index contributed by atoms with van der Waals surface area (Å²) in [7, 11) is 1.64. The summed E-state index contributed by atoms with van der Waals surface area (Å²) in [5, 5.41) is 8.92. The fraction of sp³-hybridized carbons (Fsp3) is 0.333. The first-order valence-corrected chi connectivity index (χ1v) is 8.16. The van der Waals surface area contributed by atoms with Gasteiger partial charge in [0.1, 0.15) is 5.82 Å². The van der Waals surface area contributed by atoms with E-state index >= 15 is 0 Å². The predicted octanol–water partition coefficient (Wildman–Crippen LogP) is 3.80. The van der Waals surface area contributed by atoms with Gasteiger partial charge in [-0.15, -0.1) is 24.0 Å². The molecule has 0 bridgehead atoms. The second-order valence-electron chi connectivity index (χ2n) is 5.67. The molecular formula is C18H23F3IN5. The Hall–Kier alpha value is -2.04. The van der Waals surface area contributed by atoms with E-state index in [4.69, 9.17) is 0 Å². The predicted molar refractivity (Wildman–Crippen MR) is 113 cm³/mol. The lowest BCUT2D eigenvalue weighted by atomic mass is 10.1. The van der Waals surface area contributed by atoms with Crippen LogP contribution in [-0.4, -0.2) is 31.1 Å². The Morgan fingerprint density at radius 2 is 1.89 bits per heavy atom. The van der Waals surface area contributed by atoms with Crippen LogP contribution in [0, 0.1) is 6.92 Å². The van der Waals surface area contributed by atoms with E-state index in [9.17, 15) is 13.2 Å². The highest BCUT2D eigenvalue weighted by atomic mass is 127. The third kappa shape index (κ3) is 7.61. The maximum Gasteiger partial charge on any atom is 0.419 e. The Morgan fingerprint density at radius 3 is 2.56 bits per heavy atom. The zero-order chi connectivity index (χ0) is 19.0. The van der Waals surface area contributed by atoms with Gasteiger partial charge in [-0.05, 0) is 24.6 Å². The van der Waals surface area contributed by atoms with Crippen LogP contribution in [0.25, 0.3) is 0 Å². The number of pyridine rings is 1. The highest BCUT2D eigenvalue weighted by Crippen LogP contribution is 2.33. The number of nitrogens with zero attached hydrogens (tertiary/aromatic N) is 2. The largest absolute Gasteiger partial charge is 0.419 e. The first-order chi connectivity index (χ1) is 12.4. The lowest BCUT2D eigenvalue weighted by Crippen LogP contribution is -2.39. The summed E-state index contributed by atoms with van der Waals surface area (Å²) in [6.07, 6.45) is -3.11. The molecule has 27 heavy (non-hydrogen) atoms. The van der Waals surface area contributed by atoms with Crippen LogP contribution in [0.1, 0.15) is 16.7 Å². The third-order valence-corrected chi connectivity index (χ3v) is 3.59. The van der Waals surface area contributed by atoms with Crippen molar-refractivity contribution in [3.8, 4) is 0 Å². The summed E-state index contributed by atoms with van der Waals surface area (Å²) < 4.78 is 38.7. The molecule has 0 amide bonds. The molecule has 0 unspecified atom stereocenters. The molecule has 9 heteroatoms. The third-order valence-electron chi connectivity index (χ3n) is 3.59. The van der Waals surface area contributed by atoms with Crippen molar-refractivity contribution >= 4 is 35.8 Å². The SMILES string of the molecule is CN=C(NCCNc1ncccc1C(F)(F)F)NCc1cccc(C)c1.I. The van der Waals surface area contributed by atoms with E-state index in [0.29, 0.717) is 19.0 Å². The number of rotatable bonds is 6. The van der Waals surface area contributed by atoms with Crippen molar-refractivity contribution in [2.45, 2.75) is 19.6 Å². The van der Waals surface area contributed by atoms with E-state index in [0.717, 1.165) is 11.6 Å². The van der Waals surface area contributed by atoms with Gasteiger partial charge in [0.15, 0.2) is 5.96 Å². The molecule has 0 saturated heterocycles. The normalized spacial score (nSPS) is 11.5. The molecule has 0 aliphatic heterocycles. The highest BCUT2D eigenvalue weighted by molar-refractivity contribution is 14.0. The van der Waals surface area contributed by atoms with Crippen LogP contribution in [0.2, 0.25) is 0 Å². The Morgan fingerprint density at radius 1 is 1.11 bits per heavy atom. The van der Waals surface area contributed by atoms with Gasteiger partial charge in [-0.25, -0.2) is 4.98 Å². The van der Waals surface area contributed by atoms with Crippen molar-refractivity contribution in [3.63, 3.8) is 0 Å². The van der Waals surface area contributed by atoms with Crippen molar-refractivity contribution < 1.29 is 13.2 Å². The zero-order valence-electron chi connectivity index (χ0n) is 15.1. The molecule has 1 aromatic carbocycles. The zero-order valence-corrected chi connectivity index (χ0v) is 17.4. The summed E-state index contributed by atoms with van der Waals surface area (Å²) in [5.74, 6) is 0.398. The molecule has 0 saturated carbocycles. The van der Waals surface area contributed by atoms with Gasteiger partial charge in [0, 0.05) is 32.9 Å². The molecule has 1 heterocycles. The summed E-state index contributed by atoms with van der Waals surface area (Å²) in [5.41, 5.74) is 1.52. The quantitative estimate of drug-likeness (QED) is 0.248. The average Bonchev–Trinajstić information content (AvgIpc) is 2.60. The molecule has 2 rings (SSSR count). The van der Waals surface area contributed by atoms with Crippen molar-refractivity contribution in [1.82, 2.24) is 15.6 Å². The number of alkyl halides is 3. The molecule has 0 fully saturated rings. The molecule has 0 spiro atoms. The molecule has 5 nitrogen and oxygen atoms in total. The second kappa shape index (κ2) is 11.0. The molecule has 0 aliphatic rings. The van der Waals surface area contributed by atoms with Crippen molar-refractivity contribution in [3.05, 3.63) is 59.3 Å². The first-order valence-electron chi connectivity index (χ1n) is 8.16. The number of aryl methyl sites for hydroxylation is 1. The van der Waals surface area contributed by atoms with E-state index < -0.39 is 11.7 Å². The van der Waals surface area contributed by atoms with Gasteiger partial charge in [0.2, 0.25) is 0 Å². The number of aromatic nitrogens is 1. The minimum Gasteiger partial charge on any atom is -0.368 e. The number of benzene rings is 1. The highest BCUT2D eigenvalue weighted by Gasteiger charge is 2.33. The van der Waals surface area contributed by atoms with Gasteiger partial charge in [-0.3, -0.25) is 4.99 Å². The van der Waals surface area contributed by atoms with Gasteiger partial charge in [-0.2, -0.15) is 13.2 Å². The van der Waals surface area contributed by atoms with Gasteiger partial charge < -0.3 is 16.0 Å². The van der Waals surface area contributed by atoms with Crippen LogP contribution in [0.3, 0.4) is 0 Å². The lowest BCUT2D eigenvalue weighted by molar-refractivity contribution is -0.137. The number of aliphatic imine (C=N–C) groups is 1. The molecule has 0 atom stereocenters. The van der Waals surface area contributed by atoms with Gasteiger partial charge in [0.25, 0.3) is 0 Å². The smallest absolute Gasteiger partial charge is 0.368 e. The van der Waals surface area contributed by atoms with Crippen LogP contribution in [-0.2, 0) is 12.7 Å². The summed E-state index contributed by atoms with van der Waals surface area (Å²) in [6, 6.07) is 10.4. The van der Waals surface area contributed by atoms with E-state index in [1.54, 1.807) is 7.05 Å². The number of hydrogen-bond acceptors (Lipinski definition) is 3. The van der Waals surface area contributed by atoms with E-state index in [2.05, 4.69) is 32.0 Å². The Kier molecular flexibility index (Phi) is 9.33. The van der Waals surface area contributed by atoms with Crippen molar-refractivity contribution in [1.29, 1.82) is 0 Å². The molecule has 0 aliphatic carbocycles. The van der Waals surface area contributed by atoms with Crippen LogP contribution in [0.5, 0.6) is 0 Å². The first kappa shape index (κ1) is 23.0. The Balaban J connectivity index is 0.00000364. The molecule has 1 aromatic heterocycles. The van der Waals surface area contributed by atoms with Crippen LogP contribution >= 0.6 is 24.0 Å².